The Bertz CT molecular complexity index is 711. The highest BCUT2D eigenvalue weighted by molar-refractivity contribution is 6.09. The molecule has 0 atom stereocenters. The molecule has 0 bridgehead atoms. The number of anilines is 1. The molecule has 6 heteroatoms. The fourth-order valence-corrected chi connectivity index (χ4v) is 1.90. The van der Waals surface area contributed by atoms with Gasteiger partial charge >= 0.3 is 0 Å². The molecule has 21 heavy (non-hydrogen) atoms. The smallest absolute Gasteiger partial charge is 0.293 e. The second-order valence-corrected chi connectivity index (χ2v) is 4.18. The largest absolute Gasteiger partial charge is 0.507 e. The van der Waals surface area contributed by atoms with Gasteiger partial charge in [0.05, 0.1) is 10.5 Å². The molecule has 106 valence electrons. The molecular formula is C15H12N2O4. The third-order valence-corrected chi connectivity index (χ3v) is 2.85. The van der Waals surface area contributed by atoms with Crippen LogP contribution in [0.4, 0.5) is 11.4 Å². The third kappa shape index (κ3) is 2.89. The molecule has 2 rings (SSSR count). The Morgan fingerprint density at radius 2 is 1.90 bits per heavy atom. The molecule has 1 amide bonds. The Hall–Kier alpha value is -3.15. The zero-order valence-electron chi connectivity index (χ0n) is 10.9. The summed E-state index contributed by atoms with van der Waals surface area (Å²) in [5.41, 5.74) is -0.226. The van der Waals surface area contributed by atoms with E-state index in [4.69, 9.17) is 0 Å². The van der Waals surface area contributed by atoms with E-state index in [1.165, 1.54) is 18.2 Å². The number of phenols is 1. The number of amides is 1. The van der Waals surface area contributed by atoms with Gasteiger partial charge in [0.2, 0.25) is 0 Å². The number of hydrogen-bond donors (Lipinski definition) is 2. The van der Waals surface area contributed by atoms with Crippen LogP contribution in [0.2, 0.25) is 0 Å². The number of phenolic OH excluding ortho intramolecular Hbond substituents is 1. The number of benzene rings is 2. The summed E-state index contributed by atoms with van der Waals surface area (Å²) in [5.74, 6) is -1.21. The number of nitrogens with zero attached hydrogens (tertiary/aromatic N) is 1. The van der Waals surface area contributed by atoms with Gasteiger partial charge in [-0.3, -0.25) is 14.9 Å². The van der Waals surface area contributed by atoms with Gasteiger partial charge in [0.25, 0.3) is 11.6 Å². The zero-order chi connectivity index (χ0) is 15.4. The van der Waals surface area contributed by atoms with E-state index in [-0.39, 0.29) is 11.1 Å². The SMILES string of the molecule is C=Cc1ccc(O)c(C(=O)Nc2ccccc2)c1[N+](=O)[O-]. The minimum absolute atomic E-state index is 0.163. The first-order valence-corrected chi connectivity index (χ1v) is 6.03. The highest BCUT2D eigenvalue weighted by atomic mass is 16.6. The minimum atomic E-state index is -0.755. The van der Waals surface area contributed by atoms with Gasteiger partial charge in [0, 0.05) is 5.69 Å². The first kappa shape index (κ1) is 14.3. The lowest BCUT2D eigenvalue weighted by Gasteiger charge is -2.09. The van der Waals surface area contributed by atoms with Crippen molar-refractivity contribution in [2.45, 2.75) is 0 Å². The molecule has 2 N–H and O–H groups in total. The van der Waals surface area contributed by atoms with Crippen LogP contribution in [0.25, 0.3) is 6.08 Å². The van der Waals surface area contributed by atoms with Gasteiger partial charge in [0.15, 0.2) is 5.56 Å². The Labute approximate surface area is 120 Å². The van der Waals surface area contributed by atoms with Crippen LogP contribution >= 0.6 is 0 Å². The Morgan fingerprint density at radius 3 is 2.48 bits per heavy atom. The Kier molecular flexibility index (Phi) is 3.99. The topological polar surface area (TPSA) is 92.5 Å². The molecule has 0 aliphatic heterocycles. The lowest BCUT2D eigenvalue weighted by molar-refractivity contribution is -0.385. The molecular weight excluding hydrogens is 272 g/mol. The number of nitrogens with one attached hydrogen (secondary N) is 1. The van der Waals surface area contributed by atoms with E-state index in [2.05, 4.69) is 11.9 Å². The maximum Gasteiger partial charge on any atom is 0.293 e. The van der Waals surface area contributed by atoms with Crippen LogP contribution in [-0.2, 0) is 0 Å². The molecule has 6 nitrogen and oxygen atoms in total. The lowest BCUT2D eigenvalue weighted by atomic mass is 10.0. The fraction of sp³-hybridized carbons (Fsp3) is 0. The van der Waals surface area contributed by atoms with Crippen LogP contribution in [0, 0.1) is 10.1 Å². The van der Waals surface area contributed by atoms with Gasteiger partial charge in [0.1, 0.15) is 5.75 Å². The van der Waals surface area contributed by atoms with Crippen LogP contribution < -0.4 is 5.32 Å². The standard InChI is InChI=1S/C15H12N2O4/c1-2-10-8-9-12(18)13(14(10)17(20)21)15(19)16-11-6-4-3-5-7-11/h2-9,18H,1H2,(H,16,19). The van der Waals surface area contributed by atoms with E-state index < -0.39 is 22.3 Å². The monoisotopic (exact) mass is 284 g/mol. The fourth-order valence-electron chi connectivity index (χ4n) is 1.90. The normalized spacial score (nSPS) is 9.90. The number of rotatable bonds is 4. The van der Waals surface area contributed by atoms with Crippen molar-refractivity contribution < 1.29 is 14.8 Å². The molecule has 0 saturated carbocycles. The lowest BCUT2D eigenvalue weighted by Crippen LogP contribution is -2.14. The van der Waals surface area contributed by atoms with Crippen molar-refractivity contribution in [3.05, 3.63) is 70.3 Å². The Balaban J connectivity index is 2.49. The van der Waals surface area contributed by atoms with Crippen LogP contribution in [-0.4, -0.2) is 15.9 Å². The van der Waals surface area contributed by atoms with Crippen molar-refractivity contribution in [2.75, 3.05) is 5.32 Å². The maximum absolute atomic E-state index is 12.2. The van der Waals surface area contributed by atoms with E-state index >= 15 is 0 Å². The molecule has 2 aromatic rings. The third-order valence-electron chi connectivity index (χ3n) is 2.85. The molecule has 0 aromatic heterocycles. The van der Waals surface area contributed by atoms with Gasteiger partial charge in [-0.15, -0.1) is 0 Å². The van der Waals surface area contributed by atoms with Crippen molar-refractivity contribution in [3.8, 4) is 5.75 Å². The van der Waals surface area contributed by atoms with Crippen LogP contribution in [0.3, 0.4) is 0 Å². The predicted octanol–water partition coefficient (Wildman–Crippen LogP) is 3.20. The van der Waals surface area contributed by atoms with E-state index in [1.54, 1.807) is 30.3 Å². The maximum atomic E-state index is 12.2. The average Bonchev–Trinajstić information content (AvgIpc) is 2.47. The number of nitro benzene ring substituents is 1. The second-order valence-electron chi connectivity index (χ2n) is 4.18. The van der Waals surface area contributed by atoms with Crippen LogP contribution in [0.1, 0.15) is 15.9 Å². The van der Waals surface area contributed by atoms with Crippen LogP contribution in [0.15, 0.2) is 49.0 Å². The summed E-state index contributed by atoms with van der Waals surface area (Å²) in [6.07, 6.45) is 1.26. The minimum Gasteiger partial charge on any atom is -0.507 e. The van der Waals surface area contributed by atoms with Crippen molar-refractivity contribution in [2.24, 2.45) is 0 Å². The molecule has 0 radical (unpaired) electrons. The van der Waals surface area contributed by atoms with E-state index in [0.717, 1.165) is 0 Å². The van der Waals surface area contributed by atoms with Gasteiger partial charge in [-0.1, -0.05) is 30.9 Å². The van der Waals surface area contributed by atoms with Gasteiger partial charge in [-0.05, 0) is 24.3 Å². The number of para-hydroxylation sites is 1. The number of carbonyl (C=O) groups is 1. The molecule has 0 fully saturated rings. The van der Waals surface area contributed by atoms with Gasteiger partial charge in [-0.25, -0.2) is 0 Å². The van der Waals surface area contributed by atoms with Gasteiger partial charge < -0.3 is 10.4 Å². The van der Waals surface area contributed by atoms with Crippen molar-refractivity contribution in [3.63, 3.8) is 0 Å². The summed E-state index contributed by atoms with van der Waals surface area (Å²) in [7, 11) is 0. The molecule has 0 unspecified atom stereocenters. The average molecular weight is 284 g/mol. The summed E-state index contributed by atoms with van der Waals surface area (Å²) < 4.78 is 0. The molecule has 2 aromatic carbocycles. The Morgan fingerprint density at radius 1 is 1.24 bits per heavy atom. The number of hydrogen-bond acceptors (Lipinski definition) is 4. The van der Waals surface area contributed by atoms with Crippen molar-refractivity contribution >= 4 is 23.4 Å². The van der Waals surface area contributed by atoms with E-state index in [1.807, 2.05) is 0 Å². The highest BCUT2D eigenvalue weighted by Gasteiger charge is 2.27. The first-order chi connectivity index (χ1) is 10.0. The molecule has 0 aliphatic carbocycles. The van der Waals surface area contributed by atoms with E-state index in [9.17, 15) is 20.0 Å². The predicted molar refractivity (Wildman–Crippen MR) is 79.2 cm³/mol. The summed E-state index contributed by atoms with van der Waals surface area (Å²) in [5, 5.41) is 23.5. The first-order valence-electron chi connectivity index (χ1n) is 6.03. The molecule has 0 spiro atoms. The van der Waals surface area contributed by atoms with Crippen molar-refractivity contribution in [1.29, 1.82) is 0 Å². The summed E-state index contributed by atoms with van der Waals surface area (Å²) in [4.78, 5) is 22.7. The second kappa shape index (κ2) is 5.87. The highest BCUT2D eigenvalue weighted by Crippen LogP contribution is 2.32. The summed E-state index contributed by atoms with van der Waals surface area (Å²) >= 11 is 0. The van der Waals surface area contributed by atoms with E-state index in [0.29, 0.717) is 5.69 Å². The number of aromatic hydroxyl groups is 1. The van der Waals surface area contributed by atoms with Crippen LogP contribution in [0.5, 0.6) is 5.75 Å². The summed E-state index contributed by atoms with van der Waals surface area (Å²) in [6.45, 7) is 3.47. The molecule has 0 saturated heterocycles. The zero-order valence-corrected chi connectivity index (χ0v) is 10.9. The molecule has 0 heterocycles. The summed E-state index contributed by atoms with van der Waals surface area (Å²) in [6, 6.07) is 11.0. The number of carbonyl (C=O) groups excluding carboxylic acids is 1. The van der Waals surface area contributed by atoms with Gasteiger partial charge in [-0.2, -0.15) is 0 Å². The molecule has 0 aliphatic rings. The quantitative estimate of drug-likeness (QED) is 0.666. The van der Waals surface area contributed by atoms with Crippen molar-refractivity contribution in [1.82, 2.24) is 0 Å². The number of nitro groups is 1.